The number of halogens is 6. The molecule has 1 unspecified atom stereocenters. The van der Waals surface area contributed by atoms with Crippen LogP contribution in [-0.4, -0.2) is 66.7 Å². The number of esters is 1. The number of carbonyl (C=O) groups is 2. The van der Waals surface area contributed by atoms with Crippen LogP contribution in [0.1, 0.15) is 13.8 Å². The van der Waals surface area contributed by atoms with E-state index in [2.05, 4.69) is 16.1 Å². The van der Waals surface area contributed by atoms with Gasteiger partial charge in [0.1, 0.15) is 6.61 Å². The molecule has 0 rings (SSSR count). The maximum atomic E-state index is 13.5. The van der Waals surface area contributed by atoms with E-state index >= 15 is 0 Å². The summed E-state index contributed by atoms with van der Waals surface area (Å²) in [6.07, 6.45) is -6.05. The van der Waals surface area contributed by atoms with Crippen LogP contribution in [0.2, 0.25) is 0 Å². The Morgan fingerprint density at radius 2 is 1.56 bits per heavy atom. The van der Waals surface area contributed by atoms with E-state index in [1.165, 1.54) is 13.8 Å². The van der Waals surface area contributed by atoms with E-state index in [0.717, 1.165) is 0 Å². The van der Waals surface area contributed by atoms with Crippen LogP contribution in [0.4, 0.5) is 26.3 Å². The van der Waals surface area contributed by atoms with Gasteiger partial charge in [0.05, 0.1) is 0 Å². The van der Waals surface area contributed by atoms with Gasteiger partial charge in [-0.3, -0.25) is 9.35 Å². The molecule has 15 heteroatoms. The second kappa shape index (κ2) is 8.43. The molecule has 0 spiro atoms. The van der Waals surface area contributed by atoms with Gasteiger partial charge in [0.2, 0.25) is 5.83 Å². The van der Waals surface area contributed by atoms with E-state index < -0.39 is 64.7 Å². The molecular weight excluding hydrogens is 416 g/mol. The Hall–Kier alpha value is -1.87. The highest BCUT2D eigenvalue weighted by Gasteiger charge is 2.68. The number of nitrogens with zero attached hydrogens (tertiary/aromatic N) is 1. The first kappa shape index (κ1) is 25.1. The summed E-state index contributed by atoms with van der Waals surface area (Å²) in [4.78, 5) is 23.8. The average Bonchev–Trinajstić information content (AvgIpc) is 2.49. The molecule has 8 nitrogen and oxygen atoms in total. The number of carbonyl (C=O) groups excluding carboxylic acids is 2. The van der Waals surface area contributed by atoms with Crippen molar-refractivity contribution in [2.24, 2.45) is 0 Å². The third-order valence-electron chi connectivity index (χ3n) is 2.98. The summed E-state index contributed by atoms with van der Waals surface area (Å²) in [5.74, 6) is -11.6. The van der Waals surface area contributed by atoms with Crippen LogP contribution >= 0.6 is 0 Å². The molecule has 1 amide bonds. The molecule has 1 atom stereocenters. The third kappa shape index (κ3) is 5.55. The van der Waals surface area contributed by atoms with Crippen LogP contribution in [0.5, 0.6) is 0 Å². The monoisotopic (exact) mass is 431 g/mol. The van der Waals surface area contributed by atoms with Crippen molar-refractivity contribution in [2.45, 2.75) is 31.1 Å². The molecule has 1 N–H and O–H groups in total. The van der Waals surface area contributed by atoms with Gasteiger partial charge in [0.25, 0.3) is 0 Å². The van der Waals surface area contributed by atoms with Crippen LogP contribution in [-0.2, 0) is 29.2 Å². The van der Waals surface area contributed by atoms with Gasteiger partial charge >= 0.3 is 39.2 Å². The Kier molecular flexibility index (Phi) is 7.85. The highest BCUT2D eigenvalue weighted by Crippen LogP contribution is 2.39. The van der Waals surface area contributed by atoms with Crippen LogP contribution in [0.15, 0.2) is 12.4 Å². The predicted molar refractivity (Wildman–Crippen MR) is 75.5 cm³/mol. The molecule has 0 aliphatic heterocycles. The number of alkyl halides is 5. The van der Waals surface area contributed by atoms with Crippen molar-refractivity contribution >= 4 is 22.0 Å². The molecule has 0 aliphatic carbocycles. The number of likely N-dealkylation sites (N-methyl/N-ethyl adjacent to an activating group) is 1. The minimum atomic E-state index is -6.25. The van der Waals surface area contributed by atoms with Gasteiger partial charge in [-0.15, -0.1) is 0 Å². The standard InChI is InChI=1S/C12H15F6NO7S/c1-4-19(5-2)9(21)11(12(16,17)18,26-8(20)7(3)13)25-6-10(14,15)27(22,23)24/h3-6H2,1-2H3,(H,22,23,24). The fraction of sp³-hybridized carbons (Fsp3) is 0.667. The summed E-state index contributed by atoms with van der Waals surface area (Å²) in [6, 6.07) is 0. The molecule has 0 aromatic carbocycles. The number of rotatable bonds is 9. The highest BCUT2D eigenvalue weighted by molar-refractivity contribution is 7.86. The number of amides is 1. The van der Waals surface area contributed by atoms with Gasteiger partial charge in [0, 0.05) is 13.1 Å². The lowest BCUT2D eigenvalue weighted by Gasteiger charge is -2.36. The van der Waals surface area contributed by atoms with E-state index in [0.29, 0.717) is 4.90 Å². The summed E-state index contributed by atoms with van der Waals surface area (Å²) in [5, 5.41) is -5.31. The first-order valence-corrected chi connectivity index (χ1v) is 8.33. The van der Waals surface area contributed by atoms with Crippen molar-refractivity contribution in [3.63, 3.8) is 0 Å². The van der Waals surface area contributed by atoms with E-state index in [-0.39, 0.29) is 0 Å². The molecule has 0 bridgehead atoms. The van der Waals surface area contributed by atoms with Crippen molar-refractivity contribution in [2.75, 3.05) is 19.7 Å². The summed E-state index contributed by atoms with van der Waals surface area (Å²) in [7, 11) is -6.25. The van der Waals surface area contributed by atoms with E-state index in [1.807, 2.05) is 0 Å². The Morgan fingerprint density at radius 1 is 1.11 bits per heavy atom. The molecule has 0 aromatic rings. The minimum absolute atomic E-state index is 0.341. The molecule has 0 saturated carbocycles. The van der Waals surface area contributed by atoms with Crippen molar-refractivity contribution in [1.29, 1.82) is 0 Å². The fourth-order valence-electron chi connectivity index (χ4n) is 1.56. The summed E-state index contributed by atoms with van der Waals surface area (Å²) in [6.45, 7) is 1.05. The van der Waals surface area contributed by atoms with Gasteiger partial charge in [-0.25, -0.2) is 4.79 Å². The molecule has 0 aromatic heterocycles. The molecule has 158 valence electrons. The summed E-state index contributed by atoms with van der Waals surface area (Å²) in [5.41, 5.74) is 0. The predicted octanol–water partition coefficient (Wildman–Crippen LogP) is 1.64. The Balaban J connectivity index is 6.35. The van der Waals surface area contributed by atoms with E-state index in [9.17, 15) is 44.3 Å². The van der Waals surface area contributed by atoms with Crippen LogP contribution in [0.25, 0.3) is 0 Å². The maximum Gasteiger partial charge on any atom is 0.466 e. The Morgan fingerprint density at radius 3 is 1.85 bits per heavy atom. The van der Waals surface area contributed by atoms with Gasteiger partial charge in [-0.05, 0) is 13.8 Å². The number of hydrogen-bond donors (Lipinski definition) is 1. The molecule has 0 heterocycles. The molecule has 0 radical (unpaired) electrons. The first-order valence-electron chi connectivity index (χ1n) is 6.89. The maximum absolute atomic E-state index is 13.5. The highest BCUT2D eigenvalue weighted by atomic mass is 32.2. The van der Waals surface area contributed by atoms with Crippen LogP contribution < -0.4 is 0 Å². The van der Waals surface area contributed by atoms with Crippen molar-refractivity contribution in [3.8, 4) is 0 Å². The molecular formula is C12H15F6NO7S. The van der Waals surface area contributed by atoms with Crippen LogP contribution in [0, 0.1) is 0 Å². The van der Waals surface area contributed by atoms with Crippen molar-refractivity contribution < 1.29 is 58.4 Å². The molecule has 0 saturated heterocycles. The zero-order chi connectivity index (χ0) is 21.8. The van der Waals surface area contributed by atoms with Crippen molar-refractivity contribution in [1.82, 2.24) is 4.90 Å². The third-order valence-corrected chi connectivity index (χ3v) is 3.86. The van der Waals surface area contributed by atoms with E-state index in [4.69, 9.17) is 4.55 Å². The molecule has 0 fully saturated rings. The lowest BCUT2D eigenvalue weighted by Crippen LogP contribution is -2.63. The smallest absolute Gasteiger partial charge is 0.410 e. The lowest BCUT2D eigenvalue weighted by atomic mass is 10.2. The summed E-state index contributed by atoms with van der Waals surface area (Å²) >= 11 is 0. The number of ether oxygens (including phenoxy) is 2. The van der Waals surface area contributed by atoms with Gasteiger partial charge < -0.3 is 14.4 Å². The minimum Gasteiger partial charge on any atom is -0.410 e. The van der Waals surface area contributed by atoms with Crippen LogP contribution in [0.3, 0.4) is 0 Å². The second-order valence-electron chi connectivity index (χ2n) is 4.79. The van der Waals surface area contributed by atoms with Gasteiger partial charge in [-0.2, -0.15) is 34.8 Å². The van der Waals surface area contributed by atoms with Gasteiger partial charge in [0.15, 0.2) is 0 Å². The Labute approximate surface area is 149 Å². The SMILES string of the molecule is C=C(F)C(=O)OC(OCC(F)(F)S(=O)(=O)O)(C(=O)N(CC)CC)C(F)(F)F. The zero-order valence-corrected chi connectivity index (χ0v) is 14.7. The lowest BCUT2D eigenvalue weighted by molar-refractivity contribution is -0.356. The Bertz CT molecular complexity index is 689. The average molecular weight is 431 g/mol. The quantitative estimate of drug-likeness (QED) is 0.194. The molecule has 0 aliphatic rings. The molecule has 27 heavy (non-hydrogen) atoms. The van der Waals surface area contributed by atoms with E-state index in [1.54, 1.807) is 0 Å². The fourth-order valence-corrected chi connectivity index (χ4v) is 1.77. The van der Waals surface area contributed by atoms with Gasteiger partial charge in [-0.1, -0.05) is 6.58 Å². The first-order chi connectivity index (χ1) is 12.0. The topological polar surface area (TPSA) is 110 Å². The second-order valence-corrected chi connectivity index (χ2v) is 6.33. The normalized spacial score (nSPS) is 15.0. The summed E-state index contributed by atoms with van der Waals surface area (Å²) < 4.78 is 117. The largest absolute Gasteiger partial charge is 0.466 e. The number of hydrogen-bond acceptors (Lipinski definition) is 6. The zero-order valence-electron chi connectivity index (χ0n) is 13.8. The van der Waals surface area contributed by atoms with Crippen molar-refractivity contribution in [3.05, 3.63) is 12.4 Å².